The number of ether oxygens (including phenoxy) is 3. The van der Waals surface area contributed by atoms with Gasteiger partial charge in [-0.1, -0.05) is 231 Å². The van der Waals surface area contributed by atoms with E-state index in [0.29, 0.717) is 19.3 Å². The SMILES string of the molecule is CCCC/C=C\CCCCCCCC(=O)OC[C@H](COC(=O)CCCCCCCCCCCCCCCCCCCC)OC(=O)CCCCCCC/C=C\C/C=C\CCCCC. The molecule has 0 aromatic heterocycles. The number of carbonyl (C=O) groups excluding carboxylic acids is 3. The lowest BCUT2D eigenvalue weighted by Crippen LogP contribution is -2.30. The molecule has 62 heavy (non-hydrogen) atoms. The third-order valence-corrected chi connectivity index (χ3v) is 11.9. The maximum absolute atomic E-state index is 12.8. The first kappa shape index (κ1) is 59.6. The molecule has 0 aromatic carbocycles. The van der Waals surface area contributed by atoms with Crippen LogP contribution in [-0.4, -0.2) is 37.2 Å². The fraction of sp³-hybridized carbons (Fsp3) is 0.839. The summed E-state index contributed by atoms with van der Waals surface area (Å²) in [5.74, 6) is -0.890. The van der Waals surface area contributed by atoms with Crippen LogP contribution in [0, 0.1) is 0 Å². The van der Waals surface area contributed by atoms with Gasteiger partial charge in [-0.3, -0.25) is 14.4 Å². The average Bonchev–Trinajstić information content (AvgIpc) is 3.27. The van der Waals surface area contributed by atoms with E-state index in [1.807, 2.05) is 0 Å². The molecule has 0 radical (unpaired) electrons. The van der Waals surface area contributed by atoms with Crippen molar-refractivity contribution in [3.05, 3.63) is 36.5 Å². The molecule has 0 heterocycles. The molecule has 0 rings (SSSR count). The van der Waals surface area contributed by atoms with Crippen LogP contribution in [0.15, 0.2) is 36.5 Å². The minimum absolute atomic E-state index is 0.0774. The van der Waals surface area contributed by atoms with Gasteiger partial charge in [-0.15, -0.1) is 0 Å². The highest BCUT2D eigenvalue weighted by Gasteiger charge is 2.19. The highest BCUT2D eigenvalue weighted by Crippen LogP contribution is 2.16. The Hall–Kier alpha value is -2.37. The van der Waals surface area contributed by atoms with Crippen LogP contribution in [0.2, 0.25) is 0 Å². The first-order valence-electron chi connectivity index (χ1n) is 27.0. The maximum atomic E-state index is 12.8. The van der Waals surface area contributed by atoms with Crippen LogP contribution in [0.1, 0.15) is 284 Å². The second-order valence-corrected chi connectivity index (χ2v) is 18.1. The fourth-order valence-electron chi connectivity index (χ4n) is 7.75. The topological polar surface area (TPSA) is 78.9 Å². The molecule has 0 fully saturated rings. The summed E-state index contributed by atoms with van der Waals surface area (Å²) >= 11 is 0. The number of carbonyl (C=O) groups is 3. The van der Waals surface area contributed by atoms with Crippen molar-refractivity contribution in [2.24, 2.45) is 0 Å². The largest absolute Gasteiger partial charge is 0.462 e. The minimum Gasteiger partial charge on any atom is -0.462 e. The summed E-state index contributed by atoms with van der Waals surface area (Å²) in [4.78, 5) is 38.0. The highest BCUT2D eigenvalue weighted by atomic mass is 16.6. The van der Waals surface area contributed by atoms with E-state index in [1.165, 1.54) is 154 Å². The molecule has 0 saturated carbocycles. The number of hydrogen-bond donors (Lipinski definition) is 0. The molecule has 0 aromatic rings. The Morgan fingerprint density at radius 3 is 0.984 bits per heavy atom. The van der Waals surface area contributed by atoms with E-state index in [0.717, 1.165) is 89.9 Å². The quantitative estimate of drug-likeness (QED) is 0.0262. The van der Waals surface area contributed by atoms with Gasteiger partial charge in [-0.25, -0.2) is 0 Å². The van der Waals surface area contributed by atoms with Crippen LogP contribution in [0.25, 0.3) is 0 Å². The van der Waals surface area contributed by atoms with E-state index in [-0.39, 0.29) is 31.1 Å². The third kappa shape index (κ3) is 48.7. The zero-order chi connectivity index (χ0) is 45.1. The summed E-state index contributed by atoms with van der Waals surface area (Å²) in [6.45, 7) is 6.58. The molecule has 0 aliphatic carbocycles. The van der Waals surface area contributed by atoms with E-state index in [4.69, 9.17) is 14.2 Å². The standard InChI is InChI=1S/C56H102O6/c1-4-7-10-13-16-19-22-24-26-27-28-30-31-34-37-40-43-46-49-55(58)61-52-53(51-60-54(57)48-45-42-39-36-33-21-18-15-12-9-6-3)62-56(59)50-47-44-41-38-35-32-29-25-23-20-17-14-11-8-5-2/h15,17-18,20,25,29,53H,4-14,16,19,21-24,26-28,30-52H2,1-3H3/b18-15-,20-17-,29-25-/t53-/m1/s1. The molecule has 362 valence electrons. The average molecular weight is 871 g/mol. The Labute approximate surface area is 385 Å². The first-order chi connectivity index (χ1) is 30.5. The third-order valence-electron chi connectivity index (χ3n) is 11.9. The van der Waals surface area contributed by atoms with E-state index < -0.39 is 6.10 Å². The molecule has 0 N–H and O–H groups in total. The van der Waals surface area contributed by atoms with Gasteiger partial charge < -0.3 is 14.2 Å². The second kappa shape index (κ2) is 51.3. The summed E-state index contributed by atoms with van der Waals surface area (Å²) in [7, 11) is 0. The lowest BCUT2D eigenvalue weighted by molar-refractivity contribution is -0.167. The first-order valence-corrected chi connectivity index (χ1v) is 27.0. The van der Waals surface area contributed by atoms with Crippen molar-refractivity contribution < 1.29 is 28.6 Å². The van der Waals surface area contributed by atoms with Crippen LogP contribution >= 0.6 is 0 Å². The van der Waals surface area contributed by atoms with Crippen LogP contribution < -0.4 is 0 Å². The zero-order valence-corrected chi connectivity index (χ0v) is 41.4. The van der Waals surface area contributed by atoms with Crippen molar-refractivity contribution in [2.75, 3.05) is 13.2 Å². The Morgan fingerprint density at radius 2 is 0.597 bits per heavy atom. The maximum Gasteiger partial charge on any atom is 0.306 e. The van der Waals surface area contributed by atoms with Gasteiger partial charge in [0.1, 0.15) is 13.2 Å². The molecule has 6 heteroatoms. The number of allylic oxidation sites excluding steroid dienone is 6. The molecule has 1 atom stereocenters. The number of rotatable bonds is 49. The molecule has 0 aliphatic heterocycles. The number of esters is 3. The Morgan fingerprint density at radius 1 is 0.323 bits per heavy atom. The molecule has 0 unspecified atom stereocenters. The molecule has 0 aliphatic rings. The zero-order valence-electron chi connectivity index (χ0n) is 41.4. The monoisotopic (exact) mass is 871 g/mol. The second-order valence-electron chi connectivity index (χ2n) is 18.1. The van der Waals surface area contributed by atoms with E-state index in [9.17, 15) is 14.4 Å². The molecular formula is C56H102O6. The lowest BCUT2D eigenvalue weighted by atomic mass is 10.0. The molecule has 0 spiro atoms. The van der Waals surface area contributed by atoms with Crippen LogP contribution in [0.4, 0.5) is 0 Å². The Bertz CT molecular complexity index is 1050. The van der Waals surface area contributed by atoms with Crippen molar-refractivity contribution in [1.82, 2.24) is 0 Å². The normalized spacial score (nSPS) is 12.2. The number of hydrogen-bond acceptors (Lipinski definition) is 6. The molecule has 0 amide bonds. The molecular weight excluding hydrogens is 769 g/mol. The summed E-state index contributed by atoms with van der Waals surface area (Å²) in [5, 5.41) is 0. The van der Waals surface area contributed by atoms with Crippen LogP contribution in [-0.2, 0) is 28.6 Å². The molecule has 6 nitrogen and oxygen atoms in total. The lowest BCUT2D eigenvalue weighted by Gasteiger charge is -2.18. The van der Waals surface area contributed by atoms with Crippen molar-refractivity contribution >= 4 is 17.9 Å². The van der Waals surface area contributed by atoms with Crippen LogP contribution in [0.3, 0.4) is 0 Å². The van der Waals surface area contributed by atoms with Crippen molar-refractivity contribution in [3.8, 4) is 0 Å². The van der Waals surface area contributed by atoms with E-state index in [1.54, 1.807) is 0 Å². The van der Waals surface area contributed by atoms with E-state index >= 15 is 0 Å². The minimum atomic E-state index is -0.779. The van der Waals surface area contributed by atoms with Gasteiger partial charge in [0.05, 0.1) is 0 Å². The summed E-state index contributed by atoms with van der Waals surface area (Å²) in [6.07, 6.45) is 59.9. The van der Waals surface area contributed by atoms with Gasteiger partial charge >= 0.3 is 17.9 Å². The summed E-state index contributed by atoms with van der Waals surface area (Å²) in [5.41, 5.74) is 0. The number of unbranched alkanes of at least 4 members (excludes halogenated alkanes) is 32. The van der Waals surface area contributed by atoms with Crippen molar-refractivity contribution in [2.45, 2.75) is 290 Å². The molecule has 0 bridgehead atoms. The fourth-order valence-corrected chi connectivity index (χ4v) is 7.75. The van der Waals surface area contributed by atoms with Crippen LogP contribution in [0.5, 0.6) is 0 Å². The summed E-state index contributed by atoms with van der Waals surface area (Å²) in [6, 6.07) is 0. The predicted molar refractivity (Wildman–Crippen MR) is 266 cm³/mol. The van der Waals surface area contributed by atoms with E-state index in [2.05, 4.69) is 57.2 Å². The van der Waals surface area contributed by atoms with Gasteiger partial charge in [0.25, 0.3) is 0 Å². The Balaban J connectivity index is 4.33. The smallest absolute Gasteiger partial charge is 0.306 e. The predicted octanol–water partition coefficient (Wildman–Crippen LogP) is 17.7. The van der Waals surface area contributed by atoms with Gasteiger partial charge in [0.2, 0.25) is 0 Å². The Kier molecular flexibility index (Phi) is 49.3. The van der Waals surface area contributed by atoms with Gasteiger partial charge in [-0.2, -0.15) is 0 Å². The van der Waals surface area contributed by atoms with Crippen molar-refractivity contribution in [1.29, 1.82) is 0 Å². The van der Waals surface area contributed by atoms with Crippen molar-refractivity contribution in [3.63, 3.8) is 0 Å². The highest BCUT2D eigenvalue weighted by molar-refractivity contribution is 5.71. The molecule has 0 saturated heterocycles. The van der Waals surface area contributed by atoms with Gasteiger partial charge in [0, 0.05) is 19.3 Å². The van der Waals surface area contributed by atoms with Gasteiger partial charge in [0.15, 0.2) is 6.10 Å². The summed E-state index contributed by atoms with van der Waals surface area (Å²) < 4.78 is 16.8. The van der Waals surface area contributed by atoms with Gasteiger partial charge in [-0.05, 0) is 70.6 Å².